The Balaban J connectivity index is 2.25. The van der Waals surface area contributed by atoms with Crippen LogP contribution in [0.15, 0.2) is 40.6 Å². The van der Waals surface area contributed by atoms with Gasteiger partial charge in [0.2, 0.25) is 11.7 Å². The molecule has 0 radical (unpaired) electrons. The molecule has 2 aromatic rings. The van der Waals surface area contributed by atoms with Crippen LogP contribution in [-0.2, 0) is 9.53 Å². The number of ether oxygens (including phenoxy) is 5. The van der Waals surface area contributed by atoms with E-state index in [1.807, 2.05) is 0 Å². The molecule has 12 heteroatoms. The highest BCUT2D eigenvalue weighted by molar-refractivity contribution is 5.98. The summed E-state index contributed by atoms with van der Waals surface area (Å²) in [6.45, 7) is 4.41. The summed E-state index contributed by atoms with van der Waals surface area (Å²) < 4.78 is 26.4. The molecule has 0 saturated heterocycles. The Morgan fingerprint density at radius 3 is 1.97 bits per heavy atom. The van der Waals surface area contributed by atoms with Crippen LogP contribution in [0.1, 0.15) is 20.8 Å². The number of carbonyl (C=O) groups is 2. The van der Waals surface area contributed by atoms with Gasteiger partial charge < -0.3 is 39.4 Å². The molecule has 0 aliphatic carbocycles. The Labute approximate surface area is 209 Å². The van der Waals surface area contributed by atoms with Gasteiger partial charge in [-0.1, -0.05) is 0 Å². The maximum atomic E-state index is 12.7. The number of methoxy groups -OCH3 is 4. The van der Waals surface area contributed by atoms with E-state index in [-0.39, 0.29) is 5.69 Å². The molecular formula is C24H32N4O8. The zero-order chi connectivity index (χ0) is 26.9. The minimum atomic E-state index is -1.26. The number of amides is 2. The van der Waals surface area contributed by atoms with Gasteiger partial charge in [0.05, 0.1) is 52.1 Å². The molecule has 196 valence electrons. The standard InChI is InChI=1S/C24H32N4O8/c1-24(2,3)36-23(31)26-17(13-29)22(30)25-16-10-14(8-9-18(16)32-4)27-28-15-11-19(33-5)21(35-7)20(12-15)34-6/h8-12,17,29H,13H2,1-7H3,(H,25,30)(H,26,31)/t17-/m0/s1. The van der Waals surface area contributed by atoms with Gasteiger partial charge in [-0.05, 0) is 39.0 Å². The minimum Gasteiger partial charge on any atom is -0.495 e. The predicted molar refractivity (Wildman–Crippen MR) is 132 cm³/mol. The van der Waals surface area contributed by atoms with Crippen molar-refractivity contribution in [3.8, 4) is 23.0 Å². The fraction of sp³-hybridized carbons (Fsp3) is 0.417. The third kappa shape index (κ3) is 7.73. The molecule has 0 aliphatic heterocycles. The third-order valence-corrected chi connectivity index (χ3v) is 4.56. The molecular weight excluding hydrogens is 472 g/mol. The fourth-order valence-corrected chi connectivity index (χ4v) is 2.96. The van der Waals surface area contributed by atoms with Crippen LogP contribution in [0.5, 0.6) is 23.0 Å². The molecule has 0 unspecified atom stereocenters. The molecule has 0 saturated carbocycles. The van der Waals surface area contributed by atoms with Crippen LogP contribution in [0, 0.1) is 0 Å². The van der Waals surface area contributed by atoms with Crippen molar-refractivity contribution in [3.05, 3.63) is 30.3 Å². The number of nitrogens with zero attached hydrogens (tertiary/aromatic N) is 2. The van der Waals surface area contributed by atoms with E-state index in [0.717, 1.165) is 0 Å². The predicted octanol–water partition coefficient (Wildman–Crippen LogP) is 3.96. The lowest BCUT2D eigenvalue weighted by atomic mass is 10.2. The van der Waals surface area contributed by atoms with E-state index in [1.165, 1.54) is 34.5 Å². The van der Waals surface area contributed by atoms with Gasteiger partial charge in [-0.2, -0.15) is 10.2 Å². The number of rotatable bonds is 10. The van der Waals surface area contributed by atoms with Gasteiger partial charge in [0.1, 0.15) is 17.4 Å². The van der Waals surface area contributed by atoms with Gasteiger partial charge in [0, 0.05) is 12.1 Å². The van der Waals surface area contributed by atoms with Crippen LogP contribution in [0.25, 0.3) is 0 Å². The molecule has 0 spiro atoms. The fourth-order valence-electron chi connectivity index (χ4n) is 2.96. The van der Waals surface area contributed by atoms with Crippen LogP contribution in [0.4, 0.5) is 21.9 Å². The SMILES string of the molecule is COc1ccc(N=Nc2cc(OC)c(OC)c(OC)c2)cc1NC(=O)[C@H](CO)NC(=O)OC(C)(C)C. The highest BCUT2D eigenvalue weighted by Gasteiger charge is 2.24. The smallest absolute Gasteiger partial charge is 0.408 e. The first-order valence-electron chi connectivity index (χ1n) is 10.9. The molecule has 0 aliphatic rings. The average molecular weight is 505 g/mol. The summed E-state index contributed by atoms with van der Waals surface area (Å²) in [5.74, 6) is 0.915. The summed E-state index contributed by atoms with van der Waals surface area (Å²) in [5, 5.41) is 23.0. The largest absolute Gasteiger partial charge is 0.495 e. The quantitative estimate of drug-likeness (QED) is 0.412. The highest BCUT2D eigenvalue weighted by atomic mass is 16.6. The van der Waals surface area contributed by atoms with Crippen LogP contribution < -0.4 is 29.6 Å². The summed E-state index contributed by atoms with van der Waals surface area (Å²) in [7, 11) is 5.92. The van der Waals surface area contributed by atoms with Crippen LogP contribution in [-0.4, -0.2) is 63.8 Å². The number of hydrogen-bond acceptors (Lipinski definition) is 10. The van der Waals surface area contributed by atoms with Crippen molar-refractivity contribution < 1.29 is 38.4 Å². The number of alkyl carbamates (subject to hydrolysis) is 1. The van der Waals surface area contributed by atoms with Crippen molar-refractivity contribution in [2.75, 3.05) is 40.4 Å². The Morgan fingerprint density at radius 1 is 0.889 bits per heavy atom. The molecule has 2 rings (SSSR count). The first kappa shape index (κ1) is 28.2. The molecule has 0 bridgehead atoms. The second kappa shape index (κ2) is 12.6. The Hall–Kier alpha value is -4.06. The molecule has 2 amide bonds. The zero-order valence-corrected chi connectivity index (χ0v) is 21.4. The van der Waals surface area contributed by atoms with E-state index in [0.29, 0.717) is 34.4 Å². The number of nitrogens with one attached hydrogen (secondary N) is 2. The number of benzene rings is 2. The molecule has 3 N–H and O–H groups in total. The maximum Gasteiger partial charge on any atom is 0.408 e. The van der Waals surface area contributed by atoms with Gasteiger partial charge in [-0.15, -0.1) is 0 Å². The molecule has 1 atom stereocenters. The maximum absolute atomic E-state index is 12.7. The third-order valence-electron chi connectivity index (χ3n) is 4.56. The number of carbonyl (C=O) groups excluding carboxylic acids is 2. The Kier molecular flexibility index (Phi) is 9.85. The van der Waals surface area contributed by atoms with E-state index in [2.05, 4.69) is 20.9 Å². The topological polar surface area (TPSA) is 149 Å². The number of azo groups is 1. The van der Waals surface area contributed by atoms with Gasteiger partial charge in [-0.25, -0.2) is 4.79 Å². The monoisotopic (exact) mass is 504 g/mol. The number of aliphatic hydroxyl groups excluding tert-OH is 1. The van der Waals surface area contributed by atoms with Crippen LogP contribution >= 0.6 is 0 Å². The zero-order valence-electron chi connectivity index (χ0n) is 21.4. The highest BCUT2D eigenvalue weighted by Crippen LogP contribution is 2.41. The van der Waals surface area contributed by atoms with E-state index in [4.69, 9.17) is 23.7 Å². The van der Waals surface area contributed by atoms with Crippen molar-refractivity contribution in [2.45, 2.75) is 32.4 Å². The van der Waals surface area contributed by atoms with Crippen molar-refractivity contribution in [1.29, 1.82) is 0 Å². The molecule has 0 heterocycles. The first-order chi connectivity index (χ1) is 17.0. The van der Waals surface area contributed by atoms with E-state index < -0.39 is 30.3 Å². The number of aliphatic hydroxyl groups is 1. The van der Waals surface area contributed by atoms with Crippen molar-refractivity contribution >= 4 is 29.1 Å². The van der Waals surface area contributed by atoms with Crippen LogP contribution in [0.3, 0.4) is 0 Å². The summed E-state index contributed by atoms with van der Waals surface area (Å²) >= 11 is 0. The summed E-state index contributed by atoms with van der Waals surface area (Å²) in [5.41, 5.74) is 0.322. The molecule has 0 aromatic heterocycles. The van der Waals surface area contributed by atoms with Crippen LogP contribution in [0.2, 0.25) is 0 Å². The van der Waals surface area contributed by atoms with Gasteiger partial charge >= 0.3 is 6.09 Å². The van der Waals surface area contributed by atoms with Gasteiger partial charge in [0.25, 0.3) is 0 Å². The Morgan fingerprint density at radius 2 is 1.47 bits per heavy atom. The molecule has 2 aromatic carbocycles. The molecule has 12 nitrogen and oxygen atoms in total. The molecule has 36 heavy (non-hydrogen) atoms. The van der Waals surface area contributed by atoms with E-state index in [1.54, 1.807) is 45.0 Å². The van der Waals surface area contributed by atoms with E-state index >= 15 is 0 Å². The van der Waals surface area contributed by atoms with Gasteiger partial charge in [-0.3, -0.25) is 4.79 Å². The second-order valence-corrected chi connectivity index (χ2v) is 8.34. The number of anilines is 1. The van der Waals surface area contributed by atoms with Gasteiger partial charge in [0.15, 0.2) is 11.5 Å². The van der Waals surface area contributed by atoms with Crippen molar-refractivity contribution in [1.82, 2.24) is 5.32 Å². The average Bonchev–Trinajstić information content (AvgIpc) is 2.84. The second-order valence-electron chi connectivity index (χ2n) is 8.34. The lowest BCUT2D eigenvalue weighted by Crippen LogP contribution is -2.47. The summed E-state index contributed by atoms with van der Waals surface area (Å²) in [6, 6.07) is 6.76. The van der Waals surface area contributed by atoms with Crippen molar-refractivity contribution in [3.63, 3.8) is 0 Å². The van der Waals surface area contributed by atoms with Crippen molar-refractivity contribution in [2.24, 2.45) is 10.2 Å². The summed E-state index contributed by atoms with van der Waals surface area (Å²) in [6.07, 6.45) is -0.837. The number of hydrogen-bond donors (Lipinski definition) is 3. The molecule has 0 fully saturated rings. The Bertz CT molecular complexity index is 1070. The summed E-state index contributed by atoms with van der Waals surface area (Å²) in [4.78, 5) is 24.7. The normalized spacial score (nSPS) is 12.0. The minimum absolute atomic E-state index is 0.258. The lowest BCUT2D eigenvalue weighted by Gasteiger charge is -2.22. The first-order valence-corrected chi connectivity index (χ1v) is 10.9. The lowest BCUT2D eigenvalue weighted by molar-refractivity contribution is -0.119. The van der Waals surface area contributed by atoms with E-state index in [9.17, 15) is 14.7 Å².